The molecule has 1 heterocycles. The lowest BCUT2D eigenvalue weighted by molar-refractivity contribution is 0.149. The highest BCUT2D eigenvalue weighted by Gasteiger charge is 2.20. The minimum atomic E-state index is -0.127. The SMILES string of the molecule is NCCN1CCN(C(=O)Nc2cccc(O)c2)CC1. The van der Waals surface area contributed by atoms with Gasteiger partial charge in [0.2, 0.25) is 0 Å². The van der Waals surface area contributed by atoms with E-state index in [1.54, 1.807) is 23.1 Å². The van der Waals surface area contributed by atoms with Crippen molar-refractivity contribution in [1.82, 2.24) is 9.80 Å². The molecule has 6 nitrogen and oxygen atoms in total. The van der Waals surface area contributed by atoms with Gasteiger partial charge in [-0.05, 0) is 12.1 Å². The summed E-state index contributed by atoms with van der Waals surface area (Å²) in [4.78, 5) is 16.1. The molecule has 0 aromatic heterocycles. The Morgan fingerprint density at radius 2 is 2.05 bits per heavy atom. The zero-order chi connectivity index (χ0) is 13.7. The maximum absolute atomic E-state index is 12.0. The summed E-state index contributed by atoms with van der Waals surface area (Å²) < 4.78 is 0. The van der Waals surface area contributed by atoms with Gasteiger partial charge in [0.25, 0.3) is 0 Å². The number of anilines is 1. The third kappa shape index (κ3) is 3.84. The molecular weight excluding hydrogens is 244 g/mol. The van der Waals surface area contributed by atoms with E-state index in [0.717, 1.165) is 19.6 Å². The fourth-order valence-corrected chi connectivity index (χ4v) is 2.14. The van der Waals surface area contributed by atoms with Crippen LogP contribution in [0.1, 0.15) is 0 Å². The molecule has 0 radical (unpaired) electrons. The van der Waals surface area contributed by atoms with Gasteiger partial charge >= 0.3 is 6.03 Å². The molecule has 1 aromatic rings. The van der Waals surface area contributed by atoms with Gasteiger partial charge in [-0.25, -0.2) is 4.79 Å². The summed E-state index contributed by atoms with van der Waals surface area (Å²) >= 11 is 0. The molecule has 0 saturated carbocycles. The number of carbonyl (C=O) groups is 1. The van der Waals surface area contributed by atoms with Crippen LogP contribution in [0.15, 0.2) is 24.3 Å². The lowest BCUT2D eigenvalue weighted by Crippen LogP contribution is -2.50. The second-order valence-corrected chi connectivity index (χ2v) is 4.60. The van der Waals surface area contributed by atoms with Gasteiger partial charge in [-0.1, -0.05) is 6.07 Å². The predicted molar refractivity (Wildman–Crippen MR) is 74.2 cm³/mol. The summed E-state index contributed by atoms with van der Waals surface area (Å²) in [6.45, 7) is 4.63. The minimum Gasteiger partial charge on any atom is -0.508 e. The molecule has 19 heavy (non-hydrogen) atoms. The Balaban J connectivity index is 1.84. The molecule has 1 fully saturated rings. The topological polar surface area (TPSA) is 81.8 Å². The second-order valence-electron chi connectivity index (χ2n) is 4.60. The number of amides is 2. The fourth-order valence-electron chi connectivity index (χ4n) is 2.14. The van der Waals surface area contributed by atoms with Gasteiger partial charge in [0.05, 0.1) is 0 Å². The molecule has 4 N–H and O–H groups in total. The lowest BCUT2D eigenvalue weighted by Gasteiger charge is -2.34. The summed E-state index contributed by atoms with van der Waals surface area (Å²) in [5, 5.41) is 12.1. The summed E-state index contributed by atoms with van der Waals surface area (Å²) in [6.07, 6.45) is 0. The van der Waals surface area contributed by atoms with E-state index < -0.39 is 0 Å². The van der Waals surface area contributed by atoms with Gasteiger partial charge in [0, 0.05) is 51.0 Å². The maximum atomic E-state index is 12.0. The molecule has 0 atom stereocenters. The van der Waals surface area contributed by atoms with E-state index in [0.29, 0.717) is 25.3 Å². The van der Waals surface area contributed by atoms with E-state index in [4.69, 9.17) is 5.73 Å². The van der Waals surface area contributed by atoms with Gasteiger partial charge in [0.1, 0.15) is 5.75 Å². The number of phenols is 1. The number of piperazine rings is 1. The first-order valence-electron chi connectivity index (χ1n) is 6.46. The maximum Gasteiger partial charge on any atom is 0.321 e. The van der Waals surface area contributed by atoms with Crippen LogP contribution >= 0.6 is 0 Å². The number of aromatic hydroxyl groups is 1. The fraction of sp³-hybridized carbons (Fsp3) is 0.462. The largest absolute Gasteiger partial charge is 0.508 e. The second kappa shape index (κ2) is 6.40. The van der Waals surface area contributed by atoms with Crippen LogP contribution in [0.4, 0.5) is 10.5 Å². The van der Waals surface area contributed by atoms with Gasteiger partial charge in [-0.15, -0.1) is 0 Å². The average molecular weight is 264 g/mol. The number of nitrogens with zero attached hydrogens (tertiary/aromatic N) is 2. The zero-order valence-corrected chi connectivity index (χ0v) is 10.9. The van der Waals surface area contributed by atoms with Crippen LogP contribution in [0.3, 0.4) is 0 Å². The molecule has 1 aliphatic rings. The Hall–Kier alpha value is -1.79. The van der Waals surface area contributed by atoms with E-state index >= 15 is 0 Å². The van der Waals surface area contributed by atoms with Crippen LogP contribution in [-0.4, -0.2) is 60.2 Å². The lowest BCUT2D eigenvalue weighted by atomic mass is 10.3. The molecule has 0 aliphatic carbocycles. The van der Waals surface area contributed by atoms with Crippen LogP contribution in [0, 0.1) is 0 Å². The highest BCUT2D eigenvalue weighted by Crippen LogP contribution is 2.16. The third-order valence-corrected chi connectivity index (χ3v) is 3.20. The number of urea groups is 1. The quantitative estimate of drug-likeness (QED) is 0.742. The van der Waals surface area contributed by atoms with Crippen molar-refractivity contribution in [2.75, 3.05) is 44.6 Å². The van der Waals surface area contributed by atoms with Crippen LogP contribution in [0.5, 0.6) is 5.75 Å². The Morgan fingerprint density at radius 3 is 2.68 bits per heavy atom. The van der Waals surface area contributed by atoms with E-state index in [2.05, 4.69) is 10.2 Å². The molecule has 104 valence electrons. The number of rotatable bonds is 3. The summed E-state index contributed by atoms with van der Waals surface area (Å²) in [5.74, 6) is 0.144. The highest BCUT2D eigenvalue weighted by atomic mass is 16.3. The smallest absolute Gasteiger partial charge is 0.321 e. The van der Waals surface area contributed by atoms with Gasteiger partial charge in [-0.3, -0.25) is 4.90 Å². The van der Waals surface area contributed by atoms with Crippen molar-refractivity contribution in [3.63, 3.8) is 0 Å². The summed E-state index contributed by atoms with van der Waals surface area (Å²) in [5.41, 5.74) is 6.12. The Morgan fingerprint density at radius 1 is 1.32 bits per heavy atom. The minimum absolute atomic E-state index is 0.127. The first-order chi connectivity index (χ1) is 9.19. The van der Waals surface area contributed by atoms with E-state index in [1.807, 2.05) is 0 Å². The summed E-state index contributed by atoms with van der Waals surface area (Å²) in [6, 6.07) is 6.42. The molecule has 1 aromatic carbocycles. The van der Waals surface area contributed by atoms with E-state index in [-0.39, 0.29) is 11.8 Å². The number of carbonyl (C=O) groups excluding carboxylic acids is 1. The molecule has 2 amide bonds. The predicted octanol–water partition coefficient (Wildman–Crippen LogP) is 0.500. The first kappa shape index (κ1) is 13.6. The Bertz CT molecular complexity index is 430. The van der Waals surface area contributed by atoms with Gasteiger partial charge in [-0.2, -0.15) is 0 Å². The monoisotopic (exact) mass is 264 g/mol. The summed E-state index contributed by atoms with van der Waals surface area (Å²) in [7, 11) is 0. The number of phenolic OH excluding ortho intramolecular Hbond substituents is 1. The molecule has 2 rings (SSSR count). The van der Waals surface area contributed by atoms with Crippen LogP contribution < -0.4 is 11.1 Å². The van der Waals surface area contributed by atoms with Crippen molar-refractivity contribution in [3.05, 3.63) is 24.3 Å². The van der Waals surface area contributed by atoms with Crippen LogP contribution in [0.2, 0.25) is 0 Å². The van der Waals surface area contributed by atoms with Gasteiger partial charge in [0.15, 0.2) is 0 Å². The number of hydrogen-bond acceptors (Lipinski definition) is 4. The van der Waals surface area contributed by atoms with E-state index in [1.165, 1.54) is 6.07 Å². The number of benzene rings is 1. The number of nitrogens with one attached hydrogen (secondary N) is 1. The number of hydrogen-bond donors (Lipinski definition) is 3. The van der Waals surface area contributed by atoms with Crippen LogP contribution in [-0.2, 0) is 0 Å². The van der Waals surface area contributed by atoms with Crippen molar-refractivity contribution in [2.45, 2.75) is 0 Å². The third-order valence-electron chi connectivity index (χ3n) is 3.20. The van der Waals surface area contributed by atoms with Crippen molar-refractivity contribution < 1.29 is 9.90 Å². The average Bonchev–Trinajstić information content (AvgIpc) is 2.40. The molecule has 0 spiro atoms. The van der Waals surface area contributed by atoms with Crippen LogP contribution in [0.25, 0.3) is 0 Å². The molecule has 0 bridgehead atoms. The van der Waals surface area contributed by atoms with Crippen molar-refractivity contribution in [2.24, 2.45) is 5.73 Å². The molecule has 6 heteroatoms. The highest BCUT2D eigenvalue weighted by molar-refractivity contribution is 5.89. The standard InChI is InChI=1S/C13H20N4O2/c14-4-5-16-6-8-17(9-7-16)13(19)15-11-2-1-3-12(18)10-11/h1-3,10,18H,4-9,14H2,(H,15,19). The van der Waals surface area contributed by atoms with Crippen molar-refractivity contribution in [3.8, 4) is 5.75 Å². The number of nitrogens with two attached hydrogens (primary N) is 1. The van der Waals surface area contributed by atoms with Crippen molar-refractivity contribution in [1.29, 1.82) is 0 Å². The Kier molecular flexibility index (Phi) is 4.59. The van der Waals surface area contributed by atoms with Gasteiger partial charge < -0.3 is 21.1 Å². The first-order valence-corrected chi connectivity index (χ1v) is 6.46. The molecule has 0 unspecified atom stereocenters. The zero-order valence-electron chi connectivity index (χ0n) is 10.9. The Labute approximate surface area is 112 Å². The molecule has 1 saturated heterocycles. The molecular formula is C13H20N4O2. The van der Waals surface area contributed by atoms with E-state index in [9.17, 15) is 9.90 Å². The van der Waals surface area contributed by atoms with Crippen molar-refractivity contribution >= 4 is 11.7 Å². The molecule has 1 aliphatic heterocycles. The normalized spacial score (nSPS) is 16.4.